The zero-order chi connectivity index (χ0) is 30.0. The van der Waals surface area contributed by atoms with E-state index in [1.165, 1.54) is 49.8 Å². The van der Waals surface area contributed by atoms with E-state index in [1.54, 1.807) is 6.07 Å². The van der Waals surface area contributed by atoms with Crippen molar-refractivity contribution in [2.75, 3.05) is 0 Å². The fourth-order valence-corrected chi connectivity index (χ4v) is 5.66. The van der Waals surface area contributed by atoms with Gasteiger partial charge < -0.3 is 4.42 Å². The number of aryl methyl sites for hydroxylation is 2. The molecule has 0 saturated heterocycles. The van der Waals surface area contributed by atoms with E-state index in [4.69, 9.17) is 12.6 Å². The molecule has 0 unspecified atom stereocenters. The Hall–Kier alpha value is -3.46. The average Bonchev–Trinajstić information content (AvgIpc) is 3.60. The standard InChI is InChI=1S/C33H35N2O/c1-21-10-16-26-27-17-19-29(33(2,3)4)34-32(27)36-31(26)30(21)28-18-15-25(20-35(28)5)24-13-11-23(12-14-24)22-8-6-7-9-22/h10-20,22H,6-9H2,1-5H3/q+1/i2D3,3D3. The van der Waals surface area contributed by atoms with Gasteiger partial charge in [-0.25, -0.2) is 9.55 Å². The largest absolute Gasteiger partial charge is 0.437 e. The molecule has 3 nitrogen and oxygen atoms in total. The maximum absolute atomic E-state index is 8.02. The third-order valence-electron chi connectivity index (χ3n) is 7.69. The van der Waals surface area contributed by atoms with Crippen LogP contribution in [0.1, 0.15) is 77.3 Å². The molecule has 3 aromatic heterocycles. The van der Waals surface area contributed by atoms with Crippen LogP contribution in [0.2, 0.25) is 0 Å². The van der Waals surface area contributed by atoms with Gasteiger partial charge in [0.15, 0.2) is 11.8 Å². The molecule has 0 radical (unpaired) electrons. The molecule has 182 valence electrons. The van der Waals surface area contributed by atoms with Crippen molar-refractivity contribution in [3.05, 3.63) is 83.7 Å². The molecular formula is C33H35N2O+. The van der Waals surface area contributed by atoms with Crippen LogP contribution < -0.4 is 4.57 Å². The highest BCUT2D eigenvalue weighted by molar-refractivity contribution is 6.08. The summed E-state index contributed by atoms with van der Waals surface area (Å²) in [5.74, 6) is 0.686. The van der Waals surface area contributed by atoms with E-state index in [1.807, 2.05) is 26.1 Å². The molecule has 36 heavy (non-hydrogen) atoms. The molecule has 0 spiro atoms. The zero-order valence-corrected chi connectivity index (χ0v) is 21.1. The van der Waals surface area contributed by atoms with E-state index >= 15 is 0 Å². The summed E-state index contributed by atoms with van der Waals surface area (Å²) in [6.07, 6.45) is 7.33. The van der Waals surface area contributed by atoms with Crippen molar-refractivity contribution in [3.8, 4) is 22.4 Å². The molecular weight excluding hydrogens is 440 g/mol. The van der Waals surface area contributed by atoms with Crippen molar-refractivity contribution in [3.63, 3.8) is 0 Å². The van der Waals surface area contributed by atoms with Crippen molar-refractivity contribution in [2.24, 2.45) is 7.05 Å². The number of fused-ring (bicyclic) bond motifs is 3. The summed E-state index contributed by atoms with van der Waals surface area (Å²) in [5.41, 5.74) is 5.25. The lowest BCUT2D eigenvalue weighted by atomic mass is 9.91. The van der Waals surface area contributed by atoms with Gasteiger partial charge in [0.05, 0.1) is 5.56 Å². The van der Waals surface area contributed by atoms with Gasteiger partial charge in [-0.2, -0.15) is 0 Å². The van der Waals surface area contributed by atoms with Gasteiger partial charge in [-0.1, -0.05) is 69.9 Å². The van der Waals surface area contributed by atoms with Gasteiger partial charge in [-0.3, -0.25) is 0 Å². The molecule has 0 bridgehead atoms. The van der Waals surface area contributed by atoms with Gasteiger partial charge >= 0.3 is 0 Å². The second-order valence-electron chi connectivity index (χ2n) is 10.4. The maximum atomic E-state index is 8.02. The second-order valence-corrected chi connectivity index (χ2v) is 10.4. The number of hydrogen-bond acceptors (Lipinski definition) is 2. The molecule has 0 N–H and O–H groups in total. The van der Waals surface area contributed by atoms with Crippen LogP contribution >= 0.6 is 0 Å². The predicted molar refractivity (Wildman–Crippen MR) is 148 cm³/mol. The number of furan rings is 1. The Morgan fingerprint density at radius 3 is 2.36 bits per heavy atom. The van der Waals surface area contributed by atoms with Crippen LogP contribution in [-0.2, 0) is 12.5 Å². The lowest BCUT2D eigenvalue weighted by molar-refractivity contribution is -0.659. The fraction of sp³-hybridized carbons (Fsp3) is 0.333. The van der Waals surface area contributed by atoms with Crippen molar-refractivity contribution in [1.82, 2.24) is 4.98 Å². The SMILES string of the molecule is [2H]C([2H])([2H])C(C)(c1ccc2c(n1)oc1c(-c3ccc(-c4ccc(C5CCCC5)cc4)c[n+]3C)c(C)ccc12)C([2H])([2H])[2H]. The minimum atomic E-state index is -2.79. The summed E-state index contributed by atoms with van der Waals surface area (Å²) in [4.78, 5) is 4.50. The van der Waals surface area contributed by atoms with Crippen LogP contribution in [0.4, 0.5) is 0 Å². The fourth-order valence-electron chi connectivity index (χ4n) is 5.66. The number of hydrogen-bond donors (Lipinski definition) is 0. The van der Waals surface area contributed by atoms with Crippen molar-refractivity contribution in [1.29, 1.82) is 0 Å². The van der Waals surface area contributed by atoms with Gasteiger partial charge in [0, 0.05) is 41.7 Å². The van der Waals surface area contributed by atoms with Crippen LogP contribution in [0.15, 0.2) is 71.3 Å². The summed E-state index contributed by atoms with van der Waals surface area (Å²) < 4.78 is 56.5. The summed E-state index contributed by atoms with van der Waals surface area (Å²) in [7, 11) is 2.01. The van der Waals surface area contributed by atoms with Crippen molar-refractivity contribution >= 4 is 22.1 Å². The summed E-state index contributed by atoms with van der Waals surface area (Å²) >= 11 is 0. The van der Waals surface area contributed by atoms with E-state index < -0.39 is 19.1 Å². The summed E-state index contributed by atoms with van der Waals surface area (Å²) in [6.45, 7) is -2.34. The summed E-state index contributed by atoms with van der Waals surface area (Å²) in [5, 5.41) is 1.54. The quantitative estimate of drug-likeness (QED) is 0.242. The number of pyridine rings is 2. The maximum Gasteiger partial charge on any atom is 0.227 e. The third kappa shape index (κ3) is 3.91. The lowest BCUT2D eigenvalue weighted by Crippen LogP contribution is -2.31. The molecule has 0 aliphatic heterocycles. The van der Waals surface area contributed by atoms with E-state index in [0.717, 1.165) is 27.8 Å². The Morgan fingerprint density at radius 2 is 1.64 bits per heavy atom. The highest BCUT2D eigenvalue weighted by Crippen LogP contribution is 2.38. The van der Waals surface area contributed by atoms with E-state index in [0.29, 0.717) is 16.9 Å². The van der Waals surface area contributed by atoms with Crippen LogP contribution in [0.25, 0.3) is 44.5 Å². The Kier molecular flexibility index (Phi) is 4.07. The normalized spacial score (nSPS) is 18.0. The van der Waals surface area contributed by atoms with Crippen LogP contribution in [-0.4, -0.2) is 4.98 Å². The first-order valence-electron chi connectivity index (χ1n) is 15.7. The molecule has 2 aromatic carbocycles. The zero-order valence-electron chi connectivity index (χ0n) is 27.1. The topological polar surface area (TPSA) is 29.9 Å². The van der Waals surface area contributed by atoms with Gasteiger partial charge in [-0.05, 0) is 60.6 Å². The smallest absolute Gasteiger partial charge is 0.227 e. The molecule has 1 saturated carbocycles. The first-order valence-corrected chi connectivity index (χ1v) is 12.7. The number of nitrogens with zero attached hydrogens (tertiary/aromatic N) is 2. The Balaban J connectivity index is 1.43. The molecule has 1 aliphatic carbocycles. The number of rotatable bonds is 3. The second kappa shape index (κ2) is 8.58. The van der Waals surface area contributed by atoms with Gasteiger partial charge in [0.25, 0.3) is 0 Å². The monoisotopic (exact) mass is 481 g/mol. The molecule has 6 rings (SSSR count). The minimum Gasteiger partial charge on any atom is -0.437 e. The molecule has 5 aromatic rings. The average molecular weight is 482 g/mol. The van der Waals surface area contributed by atoms with Crippen LogP contribution in [0, 0.1) is 6.92 Å². The molecule has 3 heteroatoms. The van der Waals surface area contributed by atoms with E-state index in [-0.39, 0.29) is 11.4 Å². The van der Waals surface area contributed by atoms with Crippen molar-refractivity contribution < 1.29 is 17.2 Å². The van der Waals surface area contributed by atoms with Gasteiger partial charge in [-0.15, -0.1) is 0 Å². The molecule has 0 atom stereocenters. The van der Waals surface area contributed by atoms with Gasteiger partial charge in [0.2, 0.25) is 11.4 Å². The Bertz CT molecular complexity index is 1780. The first kappa shape index (κ1) is 17.1. The highest BCUT2D eigenvalue weighted by atomic mass is 16.3. The third-order valence-corrected chi connectivity index (χ3v) is 7.69. The van der Waals surface area contributed by atoms with E-state index in [9.17, 15) is 0 Å². The van der Waals surface area contributed by atoms with E-state index in [2.05, 4.69) is 52.1 Å². The molecule has 1 aliphatic rings. The minimum absolute atomic E-state index is 0.0406. The molecule has 3 heterocycles. The van der Waals surface area contributed by atoms with Crippen LogP contribution in [0.5, 0.6) is 0 Å². The van der Waals surface area contributed by atoms with Crippen LogP contribution in [0.3, 0.4) is 0 Å². The van der Waals surface area contributed by atoms with Gasteiger partial charge in [0.1, 0.15) is 7.05 Å². The predicted octanol–water partition coefficient (Wildman–Crippen LogP) is 8.40. The molecule has 1 fully saturated rings. The number of aromatic nitrogens is 2. The highest BCUT2D eigenvalue weighted by Gasteiger charge is 2.23. The first-order chi connectivity index (χ1) is 19.8. The summed E-state index contributed by atoms with van der Waals surface area (Å²) in [6, 6.07) is 20.4. The number of benzene rings is 2. The Morgan fingerprint density at radius 1 is 0.917 bits per heavy atom. The lowest BCUT2D eigenvalue weighted by Gasteiger charge is -2.16. The Labute approximate surface area is 222 Å². The van der Waals surface area contributed by atoms with Crippen molar-refractivity contribution in [2.45, 2.75) is 64.6 Å². The molecule has 0 amide bonds.